The third-order valence-corrected chi connectivity index (χ3v) is 4.72. The maximum atomic E-state index is 13.6. The van der Waals surface area contributed by atoms with Crippen LogP contribution in [0.15, 0.2) is 41.5 Å². The van der Waals surface area contributed by atoms with Crippen molar-refractivity contribution in [1.29, 1.82) is 0 Å². The fourth-order valence-corrected chi connectivity index (χ4v) is 3.30. The minimum absolute atomic E-state index is 0.0877. The molecule has 1 saturated heterocycles. The van der Waals surface area contributed by atoms with Gasteiger partial charge in [-0.05, 0) is 43.5 Å². The van der Waals surface area contributed by atoms with Gasteiger partial charge in [0, 0.05) is 31.8 Å². The molecule has 0 amide bonds. The lowest BCUT2D eigenvalue weighted by Crippen LogP contribution is -2.36. The van der Waals surface area contributed by atoms with Crippen LogP contribution in [0, 0.1) is 11.7 Å². The van der Waals surface area contributed by atoms with E-state index >= 15 is 0 Å². The van der Waals surface area contributed by atoms with Crippen molar-refractivity contribution in [3.63, 3.8) is 0 Å². The summed E-state index contributed by atoms with van der Waals surface area (Å²) in [6, 6.07) is 6.44. The Labute approximate surface area is 145 Å². The van der Waals surface area contributed by atoms with Crippen LogP contribution in [0.3, 0.4) is 0 Å². The molecule has 1 N–H and O–H groups in total. The van der Waals surface area contributed by atoms with E-state index in [-0.39, 0.29) is 23.6 Å². The van der Waals surface area contributed by atoms with Crippen LogP contribution < -0.4 is 5.56 Å². The second kappa shape index (κ2) is 8.16. The SMILES string of the molecule is O=C(Cc1ccccc1F)CC1CCN(Cc2ncc[nH]c2=O)CC1. The molecule has 25 heavy (non-hydrogen) atoms. The van der Waals surface area contributed by atoms with Crippen LogP contribution in [-0.4, -0.2) is 33.7 Å². The van der Waals surface area contributed by atoms with E-state index < -0.39 is 0 Å². The average molecular weight is 343 g/mol. The number of piperidine rings is 1. The largest absolute Gasteiger partial charge is 0.326 e. The van der Waals surface area contributed by atoms with Gasteiger partial charge < -0.3 is 4.98 Å². The van der Waals surface area contributed by atoms with Crippen LogP contribution in [0.4, 0.5) is 4.39 Å². The van der Waals surface area contributed by atoms with Crippen LogP contribution in [0.5, 0.6) is 0 Å². The number of carbonyl (C=O) groups is 1. The number of nitrogens with one attached hydrogen (secondary N) is 1. The summed E-state index contributed by atoms with van der Waals surface area (Å²) in [6.07, 6.45) is 5.59. The Kier molecular flexibility index (Phi) is 5.71. The van der Waals surface area contributed by atoms with Crippen molar-refractivity contribution in [3.8, 4) is 0 Å². The second-order valence-electron chi connectivity index (χ2n) is 6.60. The van der Waals surface area contributed by atoms with Gasteiger partial charge in [-0.3, -0.25) is 19.5 Å². The summed E-state index contributed by atoms with van der Waals surface area (Å²) in [6.45, 7) is 2.22. The minimum atomic E-state index is -0.314. The molecule has 1 fully saturated rings. The molecule has 0 bridgehead atoms. The zero-order chi connectivity index (χ0) is 17.6. The number of hydrogen-bond acceptors (Lipinski definition) is 4. The maximum Gasteiger partial charge on any atom is 0.270 e. The first-order valence-electron chi connectivity index (χ1n) is 8.62. The number of likely N-dealkylation sites (tertiary alicyclic amines) is 1. The zero-order valence-electron chi connectivity index (χ0n) is 14.1. The van der Waals surface area contributed by atoms with Crippen LogP contribution in [0.1, 0.15) is 30.5 Å². The van der Waals surface area contributed by atoms with Crippen molar-refractivity contribution in [1.82, 2.24) is 14.9 Å². The van der Waals surface area contributed by atoms with E-state index in [0.29, 0.717) is 30.1 Å². The molecule has 3 rings (SSSR count). The number of carbonyl (C=O) groups excluding carboxylic acids is 1. The highest BCUT2D eigenvalue weighted by Gasteiger charge is 2.22. The molecule has 5 nitrogen and oxygen atoms in total. The Hall–Kier alpha value is -2.34. The standard InChI is InChI=1S/C19H22FN3O2/c20-17-4-2-1-3-15(17)12-16(24)11-14-5-9-23(10-6-14)13-18-19(25)22-8-7-21-18/h1-4,7-8,14H,5-6,9-13H2,(H,22,25). The van der Waals surface area contributed by atoms with Crippen molar-refractivity contribution >= 4 is 5.78 Å². The molecule has 2 heterocycles. The lowest BCUT2D eigenvalue weighted by atomic mass is 9.90. The second-order valence-corrected chi connectivity index (χ2v) is 6.60. The summed E-state index contributed by atoms with van der Waals surface area (Å²) in [4.78, 5) is 32.8. The highest BCUT2D eigenvalue weighted by atomic mass is 19.1. The summed E-state index contributed by atoms with van der Waals surface area (Å²) < 4.78 is 13.6. The Morgan fingerprint density at radius 1 is 1.28 bits per heavy atom. The van der Waals surface area contributed by atoms with E-state index in [4.69, 9.17) is 0 Å². The van der Waals surface area contributed by atoms with Crippen LogP contribution in [0.2, 0.25) is 0 Å². The molecular formula is C19H22FN3O2. The molecule has 132 valence electrons. The molecule has 0 unspecified atom stereocenters. The number of ketones is 1. The quantitative estimate of drug-likeness (QED) is 0.874. The molecular weight excluding hydrogens is 321 g/mol. The van der Waals surface area contributed by atoms with Crippen molar-refractivity contribution in [2.75, 3.05) is 13.1 Å². The molecule has 0 radical (unpaired) electrons. The maximum absolute atomic E-state index is 13.6. The van der Waals surface area contributed by atoms with Gasteiger partial charge in [-0.2, -0.15) is 0 Å². The molecule has 1 aromatic carbocycles. The van der Waals surface area contributed by atoms with Crippen molar-refractivity contribution in [2.24, 2.45) is 5.92 Å². The molecule has 0 atom stereocenters. The van der Waals surface area contributed by atoms with E-state index in [1.54, 1.807) is 24.4 Å². The number of aromatic amines is 1. The molecule has 2 aromatic rings. The van der Waals surface area contributed by atoms with Crippen molar-refractivity contribution < 1.29 is 9.18 Å². The highest BCUT2D eigenvalue weighted by molar-refractivity contribution is 5.81. The summed E-state index contributed by atoms with van der Waals surface area (Å²) in [5.74, 6) is 0.105. The van der Waals surface area contributed by atoms with E-state index in [1.807, 2.05) is 0 Å². The summed E-state index contributed by atoms with van der Waals surface area (Å²) >= 11 is 0. The molecule has 0 aliphatic carbocycles. The first-order valence-corrected chi connectivity index (χ1v) is 8.62. The van der Waals surface area contributed by atoms with Gasteiger partial charge in [0.25, 0.3) is 5.56 Å². The number of nitrogens with zero attached hydrogens (tertiary/aromatic N) is 2. The molecule has 0 spiro atoms. The topological polar surface area (TPSA) is 66.1 Å². The van der Waals surface area contributed by atoms with Gasteiger partial charge in [0.05, 0.1) is 0 Å². The Morgan fingerprint density at radius 2 is 2.04 bits per heavy atom. The van der Waals surface area contributed by atoms with Crippen molar-refractivity contribution in [2.45, 2.75) is 32.2 Å². The Morgan fingerprint density at radius 3 is 2.76 bits per heavy atom. The van der Waals surface area contributed by atoms with Gasteiger partial charge in [-0.1, -0.05) is 18.2 Å². The number of aromatic nitrogens is 2. The highest BCUT2D eigenvalue weighted by Crippen LogP contribution is 2.22. The monoisotopic (exact) mass is 343 g/mol. The summed E-state index contributed by atoms with van der Waals surface area (Å²) in [7, 11) is 0. The van der Waals surface area contributed by atoms with E-state index in [1.165, 1.54) is 12.3 Å². The van der Waals surface area contributed by atoms with Crippen LogP contribution >= 0.6 is 0 Å². The molecule has 1 aromatic heterocycles. The molecule has 1 aliphatic rings. The summed E-state index contributed by atoms with van der Waals surface area (Å²) in [5.41, 5.74) is 0.848. The molecule has 6 heteroatoms. The fourth-order valence-electron chi connectivity index (χ4n) is 3.30. The van der Waals surface area contributed by atoms with Gasteiger partial charge in [-0.25, -0.2) is 4.39 Å². The number of benzene rings is 1. The first-order chi connectivity index (χ1) is 12.1. The fraction of sp³-hybridized carbons (Fsp3) is 0.421. The molecule has 0 saturated carbocycles. The van der Waals surface area contributed by atoms with E-state index in [0.717, 1.165) is 25.9 Å². The van der Waals surface area contributed by atoms with Gasteiger partial charge in [0.2, 0.25) is 0 Å². The van der Waals surface area contributed by atoms with Crippen molar-refractivity contribution in [3.05, 3.63) is 64.1 Å². The van der Waals surface area contributed by atoms with Gasteiger partial charge in [-0.15, -0.1) is 0 Å². The predicted molar refractivity (Wildman–Crippen MR) is 92.6 cm³/mol. The van der Waals surface area contributed by atoms with Gasteiger partial charge in [0.1, 0.15) is 17.3 Å². The predicted octanol–water partition coefficient (Wildman–Crippen LogP) is 2.32. The van der Waals surface area contributed by atoms with Crippen LogP contribution in [-0.2, 0) is 17.8 Å². The Balaban J connectivity index is 1.46. The third-order valence-electron chi connectivity index (χ3n) is 4.72. The van der Waals surface area contributed by atoms with Crippen LogP contribution in [0.25, 0.3) is 0 Å². The third kappa shape index (κ3) is 4.82. The Bertz CT molecular complexity index is 782. The van der Waals surface area contributed by atoms with Gasteiger partial charge in [0.15, 0.2) is 0 Å². The summed E-state index contributed by atoms with van der Waals surface area (Å²) in [5, 5.41) is 0. The lowest BCUT2D eigenvalue weighted by molar-refractivity contribution is -0.119. The van der Waals surface area contributed by atoms with Gasteiger partial charge >= 0.3 is 0 Å². The smallest absolute Gasteiger partial charge is 0.270 e. The first kappa shape index (κ1) is 17.5. The van der Waals surface area contributed by atoms with E-state index in [9.17, 15) is 14.0 Å². The normalized spacial score (nSPS) is 16.0. The number of H-pyrrole nitrogens is 1. The number of Topliss-reactive ketones (excluding diaryl/α,β-unsaturated/α-hetero) is 1. The zero-order valence-corrected chi connectivity index (χ0v) is 14.1. The lowest BCUT2D eigenvalue weighted by Gasteiger charge is -2.31. The molecule has 1 aliphatic heterocycles. The minimum Gasteiger partial charge on any atom is -0.326 e. The number of hydrogen-bond donors (Lipinski definition) is 1. The van der Waals surface area contributed by atoms with E-state index in [2.05, 4.69) is 14.9 Å². The average Bonchev–Trinajstić information content (AvgIpc) is 2.61. The number of halogens is 1. The number of rotatable bonds is 6.